The summed E-state index contributed by atoms with van der Waals surface area (Å²) in [6, 6.07) is 12.7. The molecule has 3 rings (SSSR count). The number of hydrogen-bond donors (Lipinski definition) is 0. The normalized spacial score (nSPS) is 11.8. The molecule has 0 aliphatic carbocycles. The highest BCUT2D eigenvalue weighted by Gasteiger charge is 2.20. The molecule has 1 heterocycles. The summed E-state index contributed by atoms with van der Waals surface area (Å²) in [4.78, 5) is 4.27. The lowest BCUT2D eigenvalue weighted by atomic mass is 10.1. The predicted octanol–water partition coefficient (Wildman–Crippen LogP) is 2.58. The Morgan fingerprint density at radius 3 is 2.53 bits per heavy atom. The molecule has 0 unspecified atom stereocenters. The summed E-state index contributed by atoms with van der Waals surface area (Å²) in [7, 11) is -3.60. The minimum Gasteiger partial charge on any atom is -0.241 e. The van der Waals surface area contributed by atoms with E-state index in [0.717, 1.165) is 10.8 Å². The van der Waals surface area contributed by atoms with Crippen LogP contribution in [0.3, 0.4) is 0 Å². The summed E-state index contributed by atoms with van der Waals surface area (Å²) >= 11 is 0. The monoisotopic (exact) mass is 272 g/mol. The van der Waals surface area contributed by atoms with Crippen molar-refractivity contribution in [2.45, 2.75) is 11.8 Å². The van der Waals surface area contributed by atoms with E-state index in [4.69, 9.17) is 0 Å². The zero-order valence-electron chi connectivity index (χ0n) is 10.3. The van der Waals surface area contributed by atoms with E-state index in [2.05, 4.69) is 4.98 Å². The van der Waals surface area contributed by atoms with Crippen LogP contribution in [-0.2, 0) is 10.0 Å². The first-order chi connectivity index (χ1) is 9.10. The fourth-order valence-electron chi connectivity index (χ4n) is 2.15. The second kappa shape index (κ2) is 4.20. The van der Waals surface area contributed by atoms with Gasteiger partial charge in [-0.15, -0.1) is 0 Å². The van der Waals surface area contributed by atoms with Crippen molar-refractivity contribution in [2.75, 3.05) is 0 Å². The van der Waals surface area contributed by atoms with Gasteiger partial charge in [0.2, 0.25) is 0 Å². The highest BCUT2D eigenvalue weighted by molar-refractivity contribution is 7.90. The minimum atomic E-state index is -3.60. The number of rotatable bonds is 2. The second-order valence-electron chi connectivity index (χ2n) is 4.25. The van der Waals surface area contributed by atoms with Crippen molar-refractivity contribution in [2.24, 2.45) is 0 Å². The van der Waals surface area contributed by atoms with Gasteiger partial charge in [0.05, 0.1) is 4.90 Å². The summed E-state index contributed by atoms with van der Waals surface area (Å²) < 4.78 is 26.5. The summed E-state index contributed by atoms with van der Waals surface area (Å²) in [6.07, 6.45) is 2.95. The van der Waals surface area contributed by atoms with Crippen LogP contribution in [0.15, 0.2) is 59.8 Å². The van der Waals surface area contributed by atoms with E-state index in [1.807, 2.05) is 30.3 Å². The molecule has 0 amide bonds. The predicted molar refractivity (Wildman–Crippen MR) is 73.5 cm³/mol. The molecule has 0 bridgehead atoms. The molecular formula is C14H12N2O2S. The molecule has 4 nitrogen and oxygen atoms in total. The summed E-state index contributed by atoms with van der Waals surface area (Å²) in [6.45, 7) is 1.67. The molecule has 0 fully saturated rings. The molecule has 1 aromatic heterocycles. The van der Waals surface area contributed by atoms with Crippen molar-refractivity contribution in [1.29, 1.82) is 0 Å². The van der Waals surface area contributed by atoms with Gasteiger partial charge in [-0.05, 0) is 18.4 Å². The van der Waals surface area contributed by atoms with Gasteiger partial charge in [-0.25, -0.2) is 17.4 Å². The molecule has 0 atom stereocenters. The Morgan fingerprint density at radius 1 is 1.05 bits per heavy atom. The van der Waals surface area contributed by atoms with Gasteiger partial charge in [0.25, 0.3) is 10.0 Å². The van der Waals surface area contributed by atoms with Gasteiger partial charge >= 0.3 is 0 Å². The average molecular weight is 272 g/mol. The molecule has 3 aromatic rings. The molecule has 19 heavy (non-hydrogen) atoms. The van der Waals surface area contributed by atoms with E-state index in [0.29, 0.717) is 10.7 Å². The van der Waals surface area contributed by atoms with Crippen LogP contribution in [0, 0.1) is 6.92 Å². The molecule has 0 saturated carbocycles. The SMILES string of the molecule is Cc1nccn1S(=O)(=O)c1cccc2ccccc12. The van der Waals surface area contributed by atoms with Crippen molar-refractivity contribution in [3.05, 3.63) is 60.7 Å². The van der Waals surface area contributed by atoms with Crippen LogP contribution >= 0.6 is 0 Å². The zero-order chi connectivity index (χ0) is 13.5. The Labute approximate surface area is 111 Å². The molecule has 96 valence electrons. The highest BCUT2D eigenvalue weighted by Crippen LogP contribution is 2.25. The lowest BCUT2D eigenvalue weighted by Crippen LogP contribution is -2.14. The Morgan fingerprint density at radius 2 is 1.79 bits per heavy atom. The molecule has 0 aliphatic rings. The highest BCUT2D eigenvalue weighted by atomic mass is 32.2. The Kier molecular flexibility index (Phi) is 2.64. The Bertz CT molecular complexity index is 845. The number of hydrogen-bond acceptors (Lipinski definition) is 3. The molecule has 0 saturated heterocycles. The number of benzene rings is 2. The van der Waals surface area contributed by atoms with Crippen molar-refractivity contribution in [3.63, 3.8) is 0 Å². The summed E-state index contributed by atoms with van der Waals surface area (Å²) in [5.74, 6) is 0.452. The van der Waals surface area contributed by atoms with Crippen molar-refractivity contribution >= 4 is 20.8 Å². The smallest absolute Gasteiger partial charge is 0.241 e. The number of aromatic nitrogens is 2. The number of aryl methyl sites for hydroxylation is 1. The molecule has 5 heteroatoms. The zero-order valence-corrected chi connectivity index (χ0v) is 11.1. The first kappa shape index (κ1) is 11.9. The van der Waals surface area contributed by atoms with Gasteiger partial charge in [-0.1, -0.05) is 36.4 Å². The van der Waals surface area contributed by atoms with Gasteiger partial charge in [-0.2, -0.15) is 0 Å². The maximum atomic E-state index is 12.7. The van der Waals surface area contributed by atoms with Crippen LogP contribution in [0.25, 0.3) is 10.8 Å². The average Bonchev–Trinajstić information content (AvgIpc) is 2.85. The van der Waals surface area contributed by atoms with Crippen LogP contribution in [0.2, 0.25) is 0 Å². The minimum absolute atomic E-state index is 0.298. The molecule has 0 spiro atoms. The molecule has 0 radical (unpaired) electrons. The van der Waals surface area contributed by atoms with Crippen molar-refractivity contribution < 1.29 is 8.42 Å². The van der Waals surface area contributed by atoms with Crippen LogP contribution in [0.5, 0.6) is 0 Å². The lowest BCUT2D eigenvalue weighted by molar-refractivity contribution is 0.586. The fraction of sp³-hybridized carbons (Fsp3) is 0.0714. The van der Waals surface area contributed by atoms with E-state index in [1.54, 1.807) is 19.1 Å². The quantitative estimate of drug-likeness (QED) is 0.720. The maximum absolute atomic E-state index is 12.7. The van der Waals surface area contributed by atoms with Gasteiger partial charge in [0, 0.05) is 17.8 Å². The topological polar surface area (TPSA) is 52.0 Å². The van der Waals surface area contributed by atoms with Gasteiger partial charge in [0.15, 0.2) is 0 Å². The van der Waals surface area contributed by atoms with Crippen LogP contribution < -0.4 is 0 Å². The van der Waals surface area contributed by atoms with E-state index < -0.39 is 10.0 Å². The van der Waals surface area contributed by atoms with Crippen LogP contribution in [-0.4, -0.2) is 17.4 Å². The summed E-state index contributed by atoms with van der Waals surface area (Å²) in [5.41, 5.74) is 0. The van der Waals surface area contributed by atoms with Gasteiger partial charge < -0.3 is 0 Å². The second-order valence-corrected chi connectivity index (χ2v) is 6.04. The van der Waals surface area contributed by atoms with Crippen molar-refractivity contribution in [3.8, 4) is 0 Å². The Hall–Kier alpha value is -2.14. The Balaban J connectivity index is 2.34. The molecular weight excluding hydrogens is 260 g/mol. The van der Waals surface area contributed by atoms with E-state index in [-0.39, 0.29) is 0 Å². The van der Waals surface area contributed by atoms with Crippen molar-refractivity contribution in [1.82, 2.24) is 8.96 Å². The van der Waals surface area contributed by atoms with E-state index >= 15 is 0 Å². The molecule has 0 aliphatic heterocycles. The number of nitrogens with zero attached hydrogens (tertiary/aromatic N) is 2. The molecule has 2 aromatic carbocycles. The first-order valence-corrected chi connectivity index (χ1v) is 7.28. The summed E-state index contributed by atoms with van der Waals surface area (Å²) in [5, 5.41) is 1.62. The van der Waals surface area contributed by atoms with Gasteiger partial charge in [-0.3, -0.25) is 0 Å². The van der Waals surface area contributed by atoms with E-state index in [9.17, 15) is 8.42 Å². The van der Waals surface area contributed by atoms with Crippen LogP contribution in [0.4, 0.5) is 0 Å². The first-order valence-electron chi connectivity index (χ1n) is 5.84. The standard InChI is InChI=1S/C14H12N2O2S/c1-11-15-9-10-16(11)19(17,18)14-8-4-6-12-5-2-3-7-13(12)14/h2-10H,1H3. The largest absolute Gasteiger partial charge is 0.269 e. The molecule has 0 N–H and O–H groups in total. The number of fused-ring (bicyclic) bond motifs is 1. The van der Waals surface area contributed by atoms with Gasteiger partial charge in [0.1, 0.15) is 5.82 Å². The van der Waals surface area contributed by atoms with E-state index in [1.165, 1.54) is 16.4 Å². The maximum Gasteiger partial charge on any atom is 0.269 e. The van der Waals surface area contributed by atoms with Crippen LogP contribution in [0.1, 0.15) is 5.82 Å². The number of imidazole rings is 1. The third-order valence-corrected chi connectivity index (χ3v) is 4.88. The fourth-order valence-corrected chi connectivity index (χ4v) is 3.68. The third-order valence-electron chi connectivity index (χ3n) is 3.07. The third kappa shape index (κ3) is 1.82. The lowest BCUT2D eigenvalue weighted by Gasteiger charge is -2.09.